The highest BCUT2D eigenvalue weighted by Crippen LogP contribution is 2.35. The molecular formula is C15H28N2O. The first-order chi connectivity index (χ1) is 8.78. The van der Waals surface area contributed by atoms with Crippen LogP contribution in [0.15, 0.2) is 0 Å². The van der Waals surface area contributed by atoms with Crippen LogP contribution in [0.2, 0.25) is 0 Å². The van der Waals surface area contributed by atoms with Gasteiger partial charge in [0.15, 0.2) is 0 Å². The Morgan fingerprint density at radius 3 is 2.39 bits per heavy atom. The molecular weight excluding hydrogens is 224 g/mol. The van der Waals surface area contributed by atoms with Crippen LogP contribution in [-0.4, -0.2) is 47.8 Å². The molecule has 2 aliphatic heterocycles. The van der Waals surface area contributed by atoms with Gasteiger partial charge in [-0.05, 0) is 51.5 Å². The quantitative estimate of drug-likeness (QED) is 0.803. The van der Waals surface area contributed by atoms with Gasteiger partial charge in [-0.2, -0.15) is 0 Å². The predicted octanol–water partition coefficient (Wildman–Crippen LogP) is 1.75. The molecule has 18 heavy (non-hydrogen) atoms. The average Bonchev–Trinajstić information content (AvgIpc) is 2.63. The Morgan fingerprint density at radius 2 is 1.72 bits per heavy atom. The maximum Gasteiger partial charge on any atom is 0.0474 e. The van der Waals surface area contributed by atoms with E-state index in [1.54, 1.807) is 0 Å². The van der Waals surface area contributed by atoms with E-state index in [2.05, 4.69) is 17.3 Å². The van der Waals surface area contributed by atoms with Crippen LogP contribution >= 0.6 is 0 Å². The summed E-state index contributed by atoms with van der Waals surface area (Å²) in [5.74, 6) is 0.510. The van der Waals surface area contributed by atoms with E-state index in [9.17, 15) is 5.11 Å². The van der Waals surface area contributed by atoms with Crippen molar-refractivity contribution in [1.82, 2.24) is 10.2 Å². The summed E-state index contributed by atoms with van der Waals surface area (Å²) in [7, 11) is 2.30. The van der Waals surface area contributed by atoms with Crippen LogP contribution in [-0.2, 0) is 0 Å². The number of aliphatic hydroxyl groups excluding tert-OH is 1. The molecule has 1 aliphatic carbocycles. The van der Waals surface area contributed by atoms with E-state index in [4.69, 9.17) is 0 Å². The van der Waals surface area contributed by atoms with E-state index in [1.165, 1.54) is 51.4 Å². The Labute approximate surface area is 111 Å². The molecule has 2 bridgehead atoms. The smallest absolute Gasteiger partial charge is 0.0474 e. The number of rotatable bonds is 3. The first-order valence-electron chi connectivity index (χ1n) is 7.86. The van der Waals surface area contributed by atoms with E-state index in [0.717, 1.165) is 12.1 Å². The fourth-order valence-electron chi connectivity index (χ4n) is 4.50. The number of hydrogen-bond acceptors (Lipinski definition) is 3. The first kappa shape index (κ1) is 12.9. The molecule has 2 heterocycles. The van der Waals surface area contributed by atoms with Gasteiger partial charge in [-0.1, -0.05) is 12.8 Å². The summed E-state index contributed by atoms with van der Waals surface area (Å²) in [4.78, 5) is 2.60. The number of hydrogen-bond donors (Lipinski definition) is 2. The Hall–Kier alpha value is -0.120. The molecule has 0 aromatic rings. The van der Waals surface area contributed by atoms with Crippen LogP contribution in [0.4, 0.5) is 0 Å². The minimum Gasteiger partial charge on any atom is -0.396 e. The molecule has 3 nitrogen and oxygen atoms in total. The molecule has 3 rings (SSSR count). The Kier molecular flexibility index (Phi) is 3.92. The molecule has 3 aliphatic rings. The van der Waals surface area contributed by atoms with Crippen LogP contribution in [0.25, 0.3) is 0 Å². The van der Waals surface area contributed by atoms with Crippen molar-refractivity contribution in [3.05, 3.63) is 0 Å². The van der Waals surface area contributed by atoms with Crippen molar-refractivity contribution >= 4 is 0 Å². The zero-order valence-corrected chi connectivity index (χ0v) is 11.6. The topological polar surface area (TPSA) is 35.5 Å². The van der Waals surface area contributed by atoms with Crippen LogP contribution in [0.1, 0.15) is 51.4 Å². The summed E-state index contributed by atoms with van der Waals surface area (Å²) in [5.41, 5.74) is 0. The Balaban J connectivity index is 1.56. The van der Waals surface area contributed by atoms with Gasteiger partial charge in [-0.15, -0.1) is 0 Å². The van der Waals surface area contributed by atoms with E-state index >= 15 is 0 Å². The monoisotopic (exact) mass is 252 g/mol. The number of nitrogens with zero attached hydrogens (tertiary/aromatic N) is 1. The van der Waals surface area contributed by atoms with Gasteiger partial charge in [0.25, 0.3) is 0 Å². The van der Waals surface area contributed by atoms with Gasteiger partial charge in [0.05, 0.1) is 0 Å². The van der Waals surface area contributed by atoms with Crippen molar-refractivity contribution in [1.29, 1.82) is 0 Å². The zero-order valence-electron chi connectivity index (χ0n) is 11.6. The van der Waals surface area contributed by atoms with E-state index in [0.29, 0.717) is 24.6 Å². The fourth-order valence-corrected chi connectivity index (χ4v) is 4.50. The van der Waals surface area contributed by atoms with Crippen molar-refractivity contribution in [2.75, 3.05) is 13.7 Å². The van der Waals surface area contributed by atoms with Gasteiger partial charge in [-0.25, -0.2) is 0 Å². The van der Waals surface area contributed by atoms with E-state index in [-0.39, 0.29) is 0 Å². The first-order valence-corrected chi connectivity index (χ1v) is 7.86. The molecule has 2 saturated heterocycles. The van der Waals surface area contributed by atoms with Crippen LogP contribution in [0, 0.1) is 5.92 Å². The molecule has 3 fully saturated rings. The minimum atomic E-state index is 0.372. The van der Waals surface area contributed by atoms with Crippen LogP contribution in [0.5, 0.6) is 0 Å². The highest BCUT2D eigenvalue weighted by molar-refractivity contribution is 4.97. The summed E-state index contributed by atoms with van der Waals surface area (Å²) in [6.07, 6.45) is 10.6. The summed E-state index contributed by atoms with van der Waals surface area (Å²) < 4.78 is 0. The lowest BCUT2D eigenvalue weighted by atomic mass is 9.83. The fraction of sp³-hybridized carbons (Fsp3) is 1.00. The lowest BCUT2D eigenvalue weighted by Gasteiger charge is -2.40. The number of piperidine rings is 1. The lowest BCUT2D eigenvalue weighted by Crippen LogP contribution is -2.52. The molecule has 0 amide bonds. The van der Waals surface area contributed by atoms with Gasteiger partial charge in [-0.3, -0.25) is 0 Å². The number of fused-ring (bicyclic) bond motifs is 2. The normalized spacial score (nSPS) is 45.3. The third kappa shape index (κ3) is 2.45. The number of nitrogens with one attached hydrogen (secondary N) is 1. The predicted molar refractivity (Wildman–Crippen MR) is 73.6 cm³/mol. The van der Waals surface area contributed by atoms with Crippen LogP contribution in [0.3, 0.4) is 0 Å². The maximum absolute atomic E-state index is 9.50. The van der Waals surface area contributed by atoms with E-state index < -0.39 is 0 Å². The standard InChI is InChI=1S/C15H28N2O/c1-17-13-6-7-14(17)9-12(8-13)16-15-5-3-2-4-11(15)10-18/h11-16,18H,2-10H2,1H3. The summed E-state index contributed by atoms with van der Waals surface area (Å²) in [6, 6.07) is 2.92. The summed E-state index contributed by atoms with van der Waals surface area (Å²) in [5, 5.41) is 13.4. The second-order valence-corrected chi connectivity index (χ2v) is 6.72. The molecule has 1 saturated carbocycles. The second-order valence-electron chi connectivity index (χ2n) is 6.72. The average molecular weight is 252 g/mol. The number of aliphatic hydroxyl groups is 1. The largest absolute Gasteiger partial charge is 0.396 e. The lowest BCUT2D eigenvalue weighted by molar-refractivity contribution is 0.109. The second kappa shape index (κ2) is 5.48. The molecule has 0 aromatic heterocycles. The highest BCUT2D eigenvalue weighted by atomic mass is 16.3. The Bertz CT molecular complexity index is 270. The molecule has 0 aromatic carbocycles. The SMILES string of the molecule is CN1C2CCC1CC(NC1CCCCC1CO)C2. The minimum absolute atomic E-state index is 0.372. The van der Waals surface area contributed by atoms with Gasteiger partial charge in [0.2, 0.25) is 0 Å². The van der Waals surface area contributed by atoms with Crippen molar-refractivity contribution in [2.45, 2.75) is 75.5 Å². The molecule has 4 atom stereocenters. The van der Waals surface area contributed by atoms with Crippen molar-refractivity contribution in [3.8, 4) is 0 Å². The molecule has 0 radical (unpaired) electrons. The van der Waals surface area contributed by atoms with Gasteiger partial charge in [0.1, 0.15) is 0 Å². The van der Waals surface area contributed by atoms with Gasteiger partial charge in [0, 0.05) is 30.8 Å². The third-order valence-electron chi connectivity index (χ3n) is 5.69. The molecule has 104 valence electrons. The van der Waals surface area contributed by atoms with E-state index in [1.807, 2.05) is 0 Å². The molecule has 4 unspecified atom stereocenters. The van der Waals surface area contributed by atoms with Crippen molar-refractivity contribution in [3.63, 3.8) is 0 Å². The van der Waals surface area contributed by atoms with Gasteiger partial charge >= 0.3 is 0 Å². The summed E-state index contributed by atoms with van der Waals surface area (Å²) in [6.45, 7) is 0.372. The maximum atomic E-state index is 9.50. The van der Waals surface area contributed by atoms with Crippen LogP contribution < -0.4 is 5.32 Å². The van der Waals surface area contributed by atoms with Crippen molar-refractivity contribution < 1.29 is 5.11 Å². The molecule has 2 N–H and O–H groups in total. The molecule has 0 spiro atoms. The summed E-state index contributed by atoms with van der Waals surface area (Å²) >= 11 is 0. The Morgan fingerprint density at radius 1 is 1.06 bits per heavy atom. The highest BCUT2D eigenvalue weighted by Gasteiger charge is 2.39. The van der Waals surface area contributed by atoms with Crippen molar-refractivity contribution in [2.24, 2.45) is 5.92 Å². The molecule has 3 heteroatoms. The third-order valence-corrected chi connectivity index (χ3v) is 5.69. The van der Waals surface area contributed by atoms with Gasteiger partial charge < -0.3 is 15.3 Å². The zero-order chi connectivity index (χ0) is 12.5.